The fourth-order valence-electron chi connectivity index (χ4n) is 0.375. The van der Waals surface area contributed by atoms with Gasteiger partial charge in [-0.3, -0.25) is 0 Å². The van der Waals surface area contributed by atoms with Crippen LogP contribution in [-0.2, 0) is 0 Å². The van der Waals surface area contributed by atoms with Crippen molar-refractivity contribution >= 4 is 8.07 Å². The molecule has 0 amide bonds. The summed E-state index contributed by atoms with van der Waals surface area (Å²) in [7, 11) is -1.02. The van der Waals surface area contributed by atoms with Crippen molar-refractivity contribution in [3.05, 3.63) is 0 Å². The van der Waals surface area contributed by atoms with Crippen LogP contribution in [0.25, 0.3) is 0 Å². The van der Waals surface area contributed by atoms with Crippen LogP contribution in [0.1, 0.15) is 8.35 Å². The molecule has 0 atom stereocenters. The molecule has 0 saturated heterocycles. The molecule has 0 aromatic rings. The van der Waals surface area contributed by atoms with Crippen LogP contribution in [-0.4, -0.2) is 8.07 Å². The first-order chi connectivity index (χ1) is 3.06. The zero-order valence-electron chi connectivity index (χ0n) is 7.50. The molecule has 0 spiro atoms. The van der Waals surface area contributed by atoms with Crippen molar-refractivity contribution in [2.24, 2.45) is 0 Å². The van der Waals surface area contributed by atoms with E-state index in [1.54, 1.807) is 0 Å². The van der Waals surface area contributed by atoms with Crippen LogP contribution in [0.2, 0.25) is 19.6 Å². The summed E-state index contributed by atoms with van der Waals surface area (Å²) < 4.78 is 0. The standard InChI is InChI=1S/C6H12Si.Li.H/c1-5-6-7(2,3)4;;/h1-4H3;;/q;+1;-1. The second-order valence-electron chi connectivity index (χ2n) is 2.62. The van der Waals surface area contributed by atoms with Gasteiger partial charge in [0.25, 0.3) is 0 Å². The second kappa shape index (κ2) is 4.27. The molecule has 0 N–H and O–H groups in total. The molecule has 0 unspecified atom stereocenters. The maximum Gasteiger partial charge on any atom is 1.00 e. The Morgan fingerprint density at radius 2 is 1.62 bits per heavy atom. The second-order valence-corrected chi connectivity index (χ2v) is 7.38. The van der Waals surface area contributed by atoms with E-state index in [0.29, 0.717) is 0 Å². The van der Waals surface area contributed by atoms with Gasteiger partial charge in [0.05, 0.1) is 0 Å². The molecule has 0 aliphatic heterocycles. The fourth-order valence-corrected chi connectivity index (χ4v) is 1.12. The summed E-state index contributed by atoms with van der Waals surface area (Å²) >= 11 is 0. The summed E-state index contributed by atoms with van der Waals surface area (Å²) in [6.45, 7) is 8.62. The van der Waals surface area contributed by atoms with Gasteiger partial charge < -0.3 is 1.43 Å². The zero-order chi connectivity index (χ0) is 5.91. The molecule has 42 valence electrons. The number of hydrogen-bond donors (Lipinski definition) is 0. The van der Waals surface area contributed by atoms with E-state index in [-0.39, 0.29) is 20.3 Å². The van der Waals surface area contributed by atoms with Crippen molar-refractivity contribution in [2.75, 3.05) is 0 Å². The Kier molecular flexibility index (Phi) is 5.99. The molecular formula is C6H13LiSi. The van der Waals surface area contributed by atoms with Crippen LogP contribution in [0.4, 0.5) is 0 Å². The molecule has 0 nitrogen and oxygen atoms in total. The van der Waals surface area contributed by atoms with Gasteiger partial charge in [0.2, 0.25) is 0 Å². The minimum absolute atomic E-state index is 0. The molecule has 2 heteroatoms. The predicted octanol–water partition coefficient (Wildman–Crippen LogP) is -0.996. The molecule has 0 rings (SSSR count). The van der Waals surface area contributed by atoms with E-state index in [2.05, 4.69) is 31.1 Å². The molecule has 0 bridgehead atoms. The first kappa shape index (κ1) is 11.2. The van der Waals surface area contributed by atoms with Crippen molar-refractivity contribution in [2.45, 2.75) is 26.6 Å². The van der Waals surface area contributed by atoms with E-state index < -0.39 is 8.07 Å². The van der Waals surface area contributed by atoms with Gasteiger partial charge in [-0.2, -0.15) is 0 Å². The van der Waals surface area contributed by atoms with Gasteiger partial charge in [-0.05, 0) is 6.92 Å². The fraction of sp³-hybridized carbons (Fsp3) is 0.667. The quantitative estimate of drug-likeness (QED) is 0.284. The topological polar surface area (TPSA) is 0 Å². The van der Waals surface area contributed by atoms with Gasteiger partial charge in [0.1, 0.15) is 8.07 Å². The number of rotatable bonds is 0. The molecule has 0 aromatic carbocycles. The average molecular weight is 120 g/mol. The maximum atomic E-state index is 3.17. The Morgan fingerprint density at radius 1 is 1.25 bits per heavy atom. The van der Waals surface area contributed by atoms with Crippen LogP contribution in [0.5, 0.6) is 0 Å². The SMILES string of the molecule is CC#C[Si](C)(C)C.[H-].[Li+]. The molecule has 0 fully saturated rings. The Hall–Kier alpha value is 0.374. The third kappa shape index (κ3) is 9.62. The van der Waals surface area contributed by atoms with E-state index in [0.717, 1.165) is 0 Å². The minimum atomic E-state index is -1.02. The van der Waals surface area contributed by atoms with Crippen LogP contribution in [0.15, 0.2) is 0 Å². The van der Waals surface area contributed by atoms with E-state index in [9.17, 15) is 0 Å². The van der Waals surface area contributed by atoms with Crippen LogP contribution < -0.4 is 18.9 Å². The molecule has 0 saturated carbocycles. The molecule has 0 aliphatic carbocycles. The van der Waals surface area contributed by atoms with E-state index in [4.69, 9.17) is 0 Å². The molecular weight excluding hydrogens is 107 g/mol. The van der Waals surface area contributed by atoms with Crippen molar-refractivity contribution < 1.29 is 20.3 Å². The smallest absolute Gasteiger partial charge is 1.00 e. The summed E-state index contributed by atoms with van der Waals surface area (Å²) in [5, 5.41) is 0. The summed E-state index contributed by atoms with van der Waals surface area (Å²) in [6, 6.07) is 0. The van der Waals surface area contributed by atoms with Gasteiger partial charge in [-0.1, -0.05) is 19.6 Å². The van der Waals surface area contributed by atoms with Crippen molar-refractivity contribution in [3.63, 3.8) is 0 Å². The van der Waals surface area contributed by atoms with Crippen LogP contribution in [0, 0.1) is 11.5 Å². The Morgan fingerprint density at radius 3 is 1.62 bits per heavy atom. The Balaban J connectivity index is -0.000000180. The third-order valence-electron chi connectivity index (χ3n) is 0.500. The summed E-state index contributed by atoms with van der Waals surface area (Å²) in [5.74, 6) is 2.92. The van der Waals surface area contributed by atoms with Crippen molar-refractivity contribution in [1.82, 2.24) is 0 Å². The van der Waals surface area contributed by atoms with E-state index in [1.165, 1.54) is 0 Å². The maximum absolute atomic E-state index is 3.17. The van der Waals surface area contributed by atoms with Crippen molar-refractivity contribution in [3.8, 4) is 11.5 Å². The third-order valence-corrected chi connectivity index (χ3v) is 1.50. The van der Waals surface area contributed by atoms with Crippen molar-refractivity contribution in [1.29, 1.82) is 0 Å². The predicted molar refractivity (Wildman–Crippen MR) is 37.9 cm³/mol. The summed E-state index contributed by atoms with van der Waals surface area (Å²) in [5.41, 5.74) is 3.17. The zero-order valence-corrected chi connectivity index (χ0v) is 7.50. The van der Waals surface area contributed by atoms with Gasteiger partial charge in [0, 0.05) is 0 Å². The van der Waals surface area contributed by atoms with Gasteiger partial charge in [-0.25, -0.2) is 0 Å². The normalized spacial score (nSPS) is 8.50. The van der Waals surface area contributed by atoms with Crippen LogP contribution in [0.3, 0.4) is 0 Å². The van der Waals surface area contributed by atoms with E-state index >= 15 is 0 Å². The van der Waals surface area contributed by atoms with E-state index in [1.807, 2.05) is 6.92 Å². The summed E-state index contributed by atoms with van der Waals surface area (Å²) in [6.07, 6.45) is 0. The molecule has 0 heterocycles. The molecule has 8 heavy (non-hydrogen) atoms. The van der Waals surface area contributed by atoms with Gasteiger partial charge in [0.15, 0.2) is 0 Å². The number of hydrogen-bond acceptors (Lipinski definition) is 0. The average Bonchev–Trinajstić information content (AvgIpc) is 1.30. The molecule has 0 aliphatic rings. The molecule has 0 aromatic heterocycles. The monoisotopic (exact) mass is 120 g/mol. The Labute approximate surface area is 66.7 Å². The van der Waals surface area contributed by atoms with Gasteiger partial charge >= 0.3 is 18.9 Å². The minimum Gasteiger partial charge on any atom is -1.00 e. The van der Waals surface area contributed by atoms with Crippen LogP contribution >= 0.6 is 0 Å². The largest absolute Gasteiger partial charge is 1.00 e. The van der Waals surface area contributed by atoms with Gasteiger partial charge in [-0.15, -0.1) is 11.5 Å². The summed E-state index contributed by atoms with van der Waals surface area (Å²) in [4.78, 5) is 0. The Bertz CT molecular complexity index is 106. The first-order valence-electron chi connectivity index (χ1n) is 2.50. The molecule has 0 radical (unpaired) electrons. The first-order valence-corrected chi connectivity index (χ1v) is 6.00.